The first-order valence-corrected chi connectivity index (χ1v) is 7.22. The average Bonchev–Trinajstić information content (AvgIpc) is 2.88. The zero-order valence-corrected chi connectivity index (χ0v) is 11.6. The molecular weight excluding hydrogens is 251 g/mol. The molecule has 0 bridgehead atoms. The second-order valence-electron chi connectivity index (χ2n) is 5.34. The maximum absolute atomic E-state index is 13.4. The van der Waals surface area contributed by atoms with Crippen LogP contribution >= 0.6 is 0 Å². The zero-order chi connectivity index (χ0) is 13.9. The highest BCUT2D eigenvalue weighted by molar-refractivity contribution is 5.35. The summed E-state index contributed by atoms with van der Waals surface area (Å²) in [6.07, 6.45) is 6.72. The Balaban J connectivity index is 1.81. The van der Waals surface area contributed by atoms with Gasteiger partial charge in [0, 0.05) is 24.5 Å². The van der Waals surface area contributed by atoms with E-state index in [1.807, 2.05) is 30.6 Å². The summed E-state index contributed by atoms with van der Waals surface area (Å²) < 4.78 is 13.4. The van der Waals surface area contributed by atoms with Gasteiger partial charge < -0.3 is 5.32 Å². The first-order valence-electron chi connectivity index (χ1n) is 7.22. The van der Waals surface area contributed by atoms with Crippen molar-refractivity contribution in [2.45, 2.75) is 38.3 Å². The van der Waals surface area contributed by atoms with Crippen LogP contribution < -0.4 is 5.32 Å². The third kappa shape index (κ3) is 2.59. The highest BCUT2D eigenvalue weighted by Crippen LogP contribution is 2.34. The standard InChI is InChI=1S/C17H19FN2/c1-2-16(13-7-9-19-10-8-13)20-17-6-4-12-3-5-14(18)11-15(12)17/h3,5,7-11,16-17,20H,2,4,6H2,1H3. The first-order chi connectivity index (χ1) is 9.78. The van der Waals surface area contributed by atoms with Crippen molar-refractivity contribution in [1.82, 2.24) is 10.3 Å². The summed E-state index contributed by atoms with van der Waals surface area (Å²) in [5.41, 5.74) is 3.64. The molecule has 0 aliphatic heterocycles. The van der Waals surface area contributed by atoms with E-state index in [2.05, 4.69) is 17.2 Å². The smallest absolute Gasteiger partial charge is 0.123 e. The molecule has 2 unspecified atom stereocenters. The molecule has 1 aromatic carbocycles. The Bertz CT molecular complexity index is 583. The Labute approximate surface area is 119 Å². The van der Waals surface area contributed by atoms with E-state index < -0.39 is 0 Å². The van der Waals surface area contributed by atoms with Crippen LogP contribution in [-0.2, 0) is 6.42 Å². The average molecular weight is 270 g/mol. The minimum absolute atomic E-state index is 0.144. The highest BCUT2D eigenvalue weighted by Gasteiger charge is 2.25. The largest absolute Gasteiger partial charge is 0.303 e. The molecule has 104 valence electrons. The van der Waals surface area contributed by atoms with Gasteiger partial charge in [-0.3, -0.25) is 4.98 Å². The summed E-state index contributed by atoms with van der Waals surface area (Å²) in [6, 6.07) is 9.78. The van der Waals surface area contributed by atoms with E-state index in [0.717, 1.165) is 24.8 Å². The highest BCUT2D eigenvalue weighted by atomic mass is 19.1. The van der Waals surface area contributed by atoms with E-state index >= 15 is 0 Å². The van der Waals surface area contributed by atoms with Gasteiger partial charge in [-0.25, -0.2) is 4.39 Å². The molecule has 0 saturated heterocycles. The normalized spacial score (nSPS) is 18.8. The Morgan fingerprint density at radius 3 is 2.85 bits per heavy atom. The van der Waals surface area contributed by atoms with Crippen molar-refractivity contribution >= 4 is 0 Å². The molecule has 20 heavy (non-hydrogen) atoms. The molecule has 1 heterocycles. The lowest BCUT2D eigenvalue weighted by Gasteiger charge is -2.23. The van der Waals surface area contributed by atoms with Crippen molar-refractivity contribution in [3.05, 3.63) is 65.2 Å². The van der Waals surface area contributed by atoms with E-state index in [0.29, 0.717) is 0 Å². The van der Waals surface area contributed by atoms with Gasteiger partial charge in [0.1, 0.15) is 5.82 Å². The molecule has 2 atom stereocenters. The Hall–Kier alpha value is -1.74. The number of nitrogens with one attached hydrogen (secondary N) is 1. The number of benzene rings is 1. The SMILES string of the molecule is CCC(NC1CCc2ccc(F)cc21)c1ccncc1. The molecule has 1 aliphatic rings. The fourth-order valence-electron chi connectivity index (χ4n) is 3.03. The predicted molar refractivity (Wildman–Crippen MR) is 77.9 cm³/mol. The molecule has 2 nitrogen and oxygen atoms in total. The topological polar surface area (TPSA) is 24.9 Å². The van der Waals surface area contributed by atoms with Crippen LogP contribution in [0.15, 0.2) is 42.7 Å². The Morgan fingerprint density at radius 2 is 2.10 bits per heavy atom. The molecule has 0 spiro atoms. The van der Waals surface area contributed by atoms with Crippen LogP contribution in [0.5, 0.6) is 0 Å². The molecule has 3 rings (SSSR count). The van der Waals surface area contributed by atoms with Crippen molar-refractivity contribution in [2.75, 3.05) is 0 Å². The summed E-state index contributed by atoms with van der Waals surface area (Å²) in [5, 5.41) is 3.67. The van der Waals surface area contributed by atoms with Crippen molar-refractivity contribution < 1.29 is 4.39 Å². The number of aryl methyl sites for hydroxylation is 1. The molecule has 0 radical (unpaired) electrons. The molecule has 2 aromatic rings. The van der Waals surface area contributed by atoms with Gasteiger partial charge in [-0.2, -0.15) is 0 Å². The Kier molecular flexibility index (Phi) is 3.79. The summed E-state index contributed by atoms with van der Waals surface area (Å²) in [7, 11) is 0. The number of aromatic nitrogens is 1. The molecule has 1 aromatic heterocycles. The van der Waals surface area contributed by atoms with Gasteiger partial charge in [0.05, 0.1) is 0 Å². The van der Waals surface area contributed by atoms with E-state index in [9.17, 15) is 4.39 Å². The molecule has 0 fully saturated rings. The van der Waals surface area contributed by atoms with E-state index in [-0.39, 0.29) is 17.9 Å². The second kappa shape index (κ2) is 5.71. The van der Waals surface area contributed by atoms with Gasteiger partial charge in [0.2, 0.25) is 0 Å². The van der Waals surface area contributed by atoms with Crippen LogP contribution in [0.2, 0.25) is 0 Å². The van der Waals surface area contributed by atoms with Crippen LogP contribution in [-0.4, -0.2) is 4.98 Å². The predicted octanol–water partition coefficient (Wildman–Crippen LogP) is 3.95. The van der Waals surface area contributed by atoms with Crippen molar-refractivity contribution in [3.63, 3.8) is 0 Å². The van der Waals surface area contributed by atoms with Gasteiger partial charge in [0.25, 0.3) is 0 Å². The third-order valence-electron chi connectivity index (χ3n) is 4.10. The molecule has 3 heteroatoms. The van der Waals surface area contributed by atoms with Gasteiger partial charge in [-0.1, -0.05) is 13.0 Å². The van der Waals surface area contributed by atoms with Gasteiger partial charge >= 0.3 is 0 Å². The number of halogens is 1. The maximum atomic E-state index is 13.4. The van der Waals surface area contributed by atoms with Crippen LogP contribution in [0, 0.1) is 5.82 Å². The third-order valence-corrected chi connectivity index (χ3v) is 4.10. The van der Waals surface area contributed by atoms with Gasteiger partial charge in [-0.05, 0) is 60.2 Å². The minimum Gasteiger partial charge on any atom is -0.303 e. The zero-order valence-electron chi connectivity index (χ0n) is 11.6. The quantitative estimate of drug-likeness (QED) is 0.910. The van der Waals surface area contributed by atoms with Gasteiger partial charge in [0.15, 0.2) is 0 Å². The number of nitrogens with zero attached hydrogens (tertiary/aromatic N) is 1. The van der Waals surface area contributed by atoms with E-state index in [4.69, 9.17) is 0 Å². The number of pyridine rings is 1. The number of fused-ring (bicyclic) bond motifs is 1. The summed E-state index contributed by atoms with van der Waals surface area (Å²) >= 11 is 0. The van der Waals surface area contributed by atoms with E-state index in [1.165, 1.54) is 11.1 Å². The molecule has 0 amide bonds. The fourth-order valence-corrected chi connectivity index (χ4v) is 3.03. The van der Waals surface area contributed by atoms with Crippen LogP contribution in [0.4, 0.5) is 4.39 Å². The molecule has 1 N–H and O–H groups in total. The fraction of sp³-hybridized carbons (Fsp3) is 0.353. The maximum Gasteiger partial charge on any atom is 0.123 e. The Morgan fingerprint density at radius 1 is 1.30 bits per heavy atom. The number of rotatable bonds is 4. The summed E-state index contributed by atoms with van der Waals surface area (Å²) in [5.74, 6) is -0.144. The van der Waals surface area contributed by atoms with Crippen LogP contribution in [0.25, 0.3) is 0 Å². The summed E-state index contributed by atoms with van der Waals surface area (Å²) in [6.45, 7) is 2.17. The monoisotopic (exact) mass is 270 g/mol. The lowest BCUT2D eigenvalue weighted by Crippen LogP contribution is -2.24. The van der Waals surface area contributed by atoms with Crippen molar-refractivity contribution in [2.24, 2.45) is 0 Å². The van der Waals surface area contributed by atoms with Crippen LogP contribution in [0.3, 0.4) is 0 Å². The van der Waals surface area contributed by atoms with Crippen LogP contribution in [0.1, 0.15) is 48.5 Å². The van der Waals surface area contributed by atoms with Gasteiger partial charge in [-0.15, -0.1) is 0 Å². The van der Waals surface area contributed by atoms with Crippen molar-refractivity contribution in [1.29, 1.82) is 0 Å². The first kappa shape index (κ1) is 13.3. The van der Waals surface area contributed by atoms with Crippen molar-refractivity contribution in [3.8, 4) is 0 Å². The molecule has 0 saturated carbocycles. The molecular formula is C17H19FN2. The summed E-state index contributed by atoms with van der Waals surface area (Å²) in [4.78, 5) is 4.06. The second-order valence-corrected chi connectivity index (χ2v) is 5.34. The molecule has 1 aliphatic carbocycles. The lowest BCUT2D eigenvalue weighted by molar-refractivity contribution is 0.432. The minimum atomic E-state index is -0.144. The number of hydrogen-bond acceptors (Lipinski definition) is 2. The lowest BCUT2D eigenvalue weighted by atomic mass is 10.0. The van der Waals surface area contributed by atoms with E-state index in [1.54, 1.807) is 12.1 Å². The number of hydrogen-bond donors (Lipinski definition) is 1.